The molecule has 0 aliphatic heterocycles. The lowest BCUT2D eigenvalue weighted by atomic mass is 10.1. The molecule has 0 radical (unpaired) electrons. The van der Waals surface area contributed by atoms with Crippen molar-refractivity contribution < 1.29 is 14.4 Å². The molecule has 6 nitrogen and oxygen atoms in total. The Labute approximate surface area is 236 Å². The molecule has 0 atom stereocenters. The molecule has 3 amide bonds. The van der Waals surface area contributed by atoms with Gasteiger partial charge in [-0.3, -0.25) is 14.4 Å². The molecule has 0 fully saturated rings. The maximum absolute atomic E-state index is 13.2. The first kappa shape index (κ1) is 27.7. The average Bonchev–Trinajstić information content (AvgIpc) is 2.95. The lowest BCUT2D eigenvalue weighted by molar-refractivity contribution is -0.114. The van der Waals surface area contributed by atoms with Crippen LogP contribution in [0.4, 0.5) is 11.4 Å². The Morgan fingerprint density at radius 1 is 0.795 bits per heavy atom. The number of para-hydroxylation sites is 1. The van der Waals surface area contributed by atoms with E-state index in [2.05, 4.69) is 16.0 Å². The second-order valence-corrected chi connectivity index (χ2v) is 10.0. The molecule has 0 aromatic heterocycles. The topological polar surface area (TPSA) is 87.3 Å². The van der Waals surface area contributed by atoms with Gasteiger partial charge in [0.05, 0.1) is 5.75 Å². The van der Waals surface area contributed by atoms with Crippen LogP contribution in [0.15, 0.2) is 114 Å². The Balaban J connectivity index is 1.40. The highest BCUT2D eigenvalue weighted by Gasteiger charge is 2.15. The van der Waals surface area contributed by atoms with Gasteiger partial charge in [0, 0.05) is 26.9 Å². The van der Waals surface area contributed by atoms with Gasteiger partial charge in [-0.1, -0.05) is 60.1 Å². The van der Waals surface area contributed by atoms with Crippen LogP contribution in [0.25, 0.3) is 6.08 Å². The van der Waals surface area contributed by atoms with Crippen molar-refractivity contribution in [1.82, 2.24) is 5.32 Å². The highest BCUT2D eigenvalue weighted by atomic mass is 35.5. The molecule has 8 heteroatoms. The molecule has 3 N–H and O–H groups in total. The van der Waals surface area contributed by atoms with E-state index in [-0.39, 0.29) is 17.4 Å². The molecule has 0 spiro atoms. The monoisotopic (exact) mass is 555 g/mol. The normalized spacial score (nSPS) is 11.0. The van der Waals surface area contributed by atoms with Gasteiger partial charge in [-0.2, -0.15) is 0 Å². The minimum absolute atomic E-state index is 0.0810. The third kappa shape index (κ3) is 8.33. The third-order valence-corrected chi connectivity index (χ3v) is 6.88. The van der Waals surface area contributed by atoms with Gasteiger partial charge in [0.1, 0.15) is 5.70 Å². The number of halogens is 1. The number of carbonyl (C=O) groups excluding carboxylic acids is 3. The lowest BCUT2D eigenvalue weighted by Gasteiger charge is -2.12. The maximum atomic E-state index is 13.2. The van der Waals surface area contributed by atoms with Gasteiger partial charge < -0.3 is 16.0 Å². The highest BCUT2D eigenvalue weighted by Crippen LogP contribution is 2.22. The first-order valence-corrected chi connectivity index (χ1v) is 13.5. The zero-order valence-corrected chi connectivity index (χ0v) is 22.7. The molecular formula is C31H26ClN3O3S. The van der Waals surface area contributed by atoms with Crippen LogP contribution in [0, 0.1) is 6.92 Å². The van der Waals surface area contributed by atoms with Gasteiger partial charge in [-0.05, 0) is 78.7 Å². The third-order valence-electron chi connectivity index (χ3n) is 5.61. The molecule has 4 aromatic carbocycles. The van der Waals surface area contributed by atoms with Crippen LogP contribution in [0.2, 0.25) is 5.02 Å². The molecule has 0 saturated heterocycles. The summed E-state index contributed by atoms with van der Waals surface area (Å²) in [6, 6.07) is 30.4. The fourth-order valence-corrected chi connectivity index (χ4v) is 4.37. The second kappa shape index (κ2) is 13.5. The Bertz CT molecular complexity index is 1490. The van der Waals surface area contributed by atoms with Crippen LogP contribution in [-0.4, -0.2) is 23.5 Å². The van der Waals surface area contributed by atoms with Crippen molar-refractivity contribution in [2.75, 3.05) is 16.4 Å². The Morgan fingerprint density at radius 3 is 2.15 bits per heavy atom. The fraction of sp³-hybridized carbons (Fsp3) is 0.0645. The number of amides is 3. The number of benzene rings is 4. The highest BCUT2D eigenvalue weighted by molar-refractivity contribution is 8.00. The quantitative estimate of drug-likeness (QED) is 0.157. The van der Waals surface area contributed by atoms with Crippen LogP contribution in [0.5, 0.6) is 0 Å². The molecule has 0 bridgehead atoms. The molecule has 0 aliphatic rings. The standard InChI is InChI=1S/C31H26ClN3O3S/c1-21-7-5-6-10-27(21)34-29(36)20-39-26-17-15-25(16-18-26)33-31(38)28(19-22-11-13-24(32)14-12-22)35-30(37)23-8-3-2-4-9-23/h2-19H,20H2,1H3,(H,33,38)(H,34,36)(H,35,37)/b28-19-. The number of carbonyl (C=O) groups is 3. The summed E-state index contributed by atoms with van der Waals surface area (Å²) in [6.45, 7) is 1.94. The van der Waals surface area contributed by atoms with Crippen molar-refractivity contribution in [1.29, 1.82) is 0 Å². The SMILES string of the molecule is Cc1ccccc1NC(=O)CSc1ccc(NC(=O)/C(=C/c2ccc(Cl)cc2)NC(=O)c2ccccc2)cc1. The van der Waals surface area contributed by atoms with Crippen LogP contribution in [0.1, 0.15) is 21.5 Å². The zero-order chi connectivity index (χ0) is 27.6. The van der Waals surface area contributed by atoms with E-state index in [9.17, 15) is 14.4 Å². The van der Waals surface area contributed by atoms with Crippen molar-refractivity contribution in [2.24, 2.45) is 0 Å². The summed E-state index contributed by atoms with van der Waals surface area (Å²) in [7, 11) is 0. The van der Waals surface area contributed by atoms with E-state index in [1.54, 1.807) is 66.7 Å². The van der Waals surface area contributed by atoms with Gasteiger partial charge in [-0.15, -0.1) is 11.8 Å². The van der Waals surface area contributed by atoms with Gasteiger partial charge in [0.15, 0.2) is 0 Å². The van der Waals surface area contributed by atoms with Gasteiger partial charge in [0.2, 0.25) is 5.91 Å². The first-order chi connectivity index (χ1) is 18.9. The summed E-state index contributed by atoms with van der Waals surface area (Å²) in [5, 5.41) is 9.02. The first-order valence-electron chi connectivity index (χ1n) is 12.1. The number of hydrogen-bond acceptors (Lipinski definition) is 4. The van der Waals surface area contributed by atoms with E-state index in [4.69, 9.17) is 11.6 Å². The van der Waals surface area contributed by atoms with Crippen molar-refractivity contribution in [3.8, 4) is 0 Å². The number of aryl methyl sites for hydroxylation is 1. The average molecular weight is 556 g/mol. The number of nitrogens with one attached hydrogen (secondary N) is 3. The van der Waals surface area contributed by atoms with Crippen molar-refractivity contribution >= 4 is 58.5 Å². The minimum Gasteiger partial charge on any atom is -0.325 e. The van der Waals surface area contributed by atoms with E-state index in [1.807, 2.05) is 49.4 Å². The maximum Gasteiger partial charge on any atom is 0.272 e. The van der Waals surface area contributed by atoms with E-state index in [1.165, 1.54) is 11.8 Å². The van der Waals surface area contributed by atoms with Crippen LogP contribution in [-0.2, 0) is 9.59 Å². The molecular weight excluding hydrogens is 530 g/mol. The number of hydrogen-bond donors (Lipinski definition) is 3. The summed E-state index contributed by atoms with van der Waals surface area (Å²) in [6.07, 6.45) is 1.59. The van der Waals surface area contributed by atoms with Crippen molar-refractivity contribution in [3.05, 3.63) is 131 Å². The summed E-state index contributed by atoms with van der Waals surface area (Å²) < 4.78 is 0. The fourth-order valence-electron chi connectivity index (χ4n) is 3.55. The Kier molecular flexibility index (Phi) is 9.56. The molecule has 4 rings (SSSR count). The van der Waals surface area contributed by atoms with Crippen LogP contribution in [0.3, 0.4) is 0 Å². The molecule has 0 unspecified atom stereocenters. The van der Waals surface area contributed by atoms with Gasteiger partial charge in [0.25, 0.3) is 11.8 Å². The van der Waals surface area contributed by atoms with Gasteiger partial charge >= 0.3 is 0 Å². The second-order valence-electron chi connectivity index (χ2n) is 8.56. The number of thioether (sulfide) groups is 1. The lowest BCUT2D eigenvalue weighted by Crippen LogP contribution is -2.30. The Morgan fingerprint density at radius 2 is 1.46 bits per heavy atom. The van der Waals surface area contributed by atoms with E-state index >= 15 is 0 Å². The Hall–Kier alpha value is -4.33. The smallest absolute Gasteiger partial charge is 0.272 e. The number of rotatable bonds is 9. The molecule has 39 heavy (non-hydrogen) atoms. The predicted octanol–water partition coefficient (Wildman–Crippen LogP) is 6.79. The van der Waals surface area contributed by atoms with E-state index in [0.717, 1.165) is 16.1 Å². The van der Waals surface area contributed by atoms with Crippen molar-refractivity contribution in [2.45, 2.75) is 11.8 Å². The molecule has 0 heterocycles. The summed E-state index contributed by atoms with van der Waals surface area (Å²) in [4.78, 5) is 39.2. The minimum atomic E-state index is -0.479. The number of anilines is 2. The van der Waals surface area contributed by atoms with Gasteiger partial charge in [-0.25, -0.2) is 0 Å². The summed E-state index contributed by atoms with van der Waals surface area (Å²) in [5.74, 6) is -0.730. The van der Waals surface area contributed by atoms with Crippen LogP contribution < -0.4 is 16.0 Å². The largest absolute Gasteiger partial charge is 0.325 e. The molecule has 196 valence electrons. The summed E-state index contributed by atoms with van der Waals surface area (Å²) >= 11 is 7.38. The van der Waals surface area contributed by atoms with E-state index in [0.29, 0.717) is 21.8 Å². The zero-order valence-electron chi connectivity index (χ0n) is 21.1. The molecule has 0 saturated carbocycles. The van der Waals surface area contributed by atoms with E-state index < -0.39 is 11.8 Å². The summed E-state index contributed by atoms with van der Waals surface area (Å²) in [5.41, 5.74) is 3.55. The van der Waals surface area contributed by atoms with Crippen LogP contribution >= 0.6 is 23.4 Å². The predicted molar refractivity (Wildman–Crippen MR) is 159 cm³/mol. The van der Waals surface area contributed by atoms with Crippen molar-refractivity contribution in [3.63, 3.8) is 0 Å². The molecule has 0 aliphatic carbocycles. The molecule has 4 aromatic rings.